The highest BCUT2D eigenvalue weighted by Crippen LogP contribution is 2.49. The molecule has 6 aromatic rings. The van der Waals surface area contributed by atoms with Crippen molar-refractivity contribution in [2.75, 3.05) is 5.32 Å². The van der Waals surface area contributed by atoms with Crippen LogP contribution in [0.2, 0.25) is 5.15 Å². The van der Waals surface area contributed by atoms with Gasteiger partial charge in [-0.25, -0.2) is 4.98 Å². The van der Waals surface area contributed by atoms with Crippen molar-refractivity contribution >= 4 is 45.4 Å². The zero-order valence-corrected chi connectivity index (χ0v) is 29.0. The van der Waals surface area contributed by atoms with Crippen LogP contribution in [0.5, 0.6) is 11.5 Å². The topological polar surface area (TPSA) is 68.3 Å². The molecule has 5 nitrogen and oxygen atoms in total. The molecule has 49 heavy (non-hydrogen) atoms. The molecule has 7 rings (SSSR count). The SMILES string of the molecule is CC(C)(C)CC(C)(C)c1ccc(Oc2cc(Nc3ccccc3)c3c4c(c(C(=O)c5ccccc5)c(Cl)nc24)-c2ccccc2C3=O)cc1. The van der Waals surface area contributed by atoms with E-state index >= 15 is 0 Å². The van der Waals surface area contributed by atoms with Gasteiger partial charge in [-0.2, -0.15) is 0 Å². The minimum absolute atomic E-state index is 0.0334. The Morgan fingerprint density at radius 2 is 1.39 bits per heavy atom. The quantitative estimate of drug-likeness (QED) is 0.129. The average molecular weight is 665 g/mol. The van der Waals surface area contributed by atoms with Gasteiger partial charge in [0.1, 0.15) is 16.4 Å². The number of rotatable bonds is 8. The minimum Gasteiger partial charge on any atom is -0.455 e. The number of halogens is 1. The lowest BCUT2D eigenvalue weighted by molar-refractivity contribution is 0.102. The minimum atomic E-state index is -0.276. The van der Waals surface area contributed by atoms with E-state index in [1.165, 1.54) is 5.56 Å². The molecule has 0 atom stereocenters. The van der Waals surface area contributed by atoms with Crippen LogP contribution in [0, 0.1) is 5.41 Å². The van der Waals surface area contributed by atoms with E-state index in [9.17, 15) is 9.59 Å². The van der Waals surface area contributed by atoms with E-state index in [0.29, 0.717) is 55.9 Å². The second kappa shape index (κ2) is 12.3. The third-order valence-electron chi connectivity index (χ3n) is 9.00. The first kappa shape index (κ1) is 32.3. The van der Waals surface area contributed by atoms with Crippen molar-refractivity contribution < 1.29 is 14.3 Å². The highest BCUT2D eigenvalue weighted by atomic mass is 35.5. The van der Waals surface area contributed by atoms with E-state index in [-0.39, 0.29) is 33.1 Å². The third kappa shape index (κ3) is 6.11. The lowest BCUT2D eigenvalue weighted by atomic mass is 9.72. The van der Waals surface area contributed by atoms with Crippen LogP contribution in [0.3, 0.4) is 0 Å². The Hall–Kier alpha value is -5.26. The van der Waals surface area contributed by atoms with Gasteiger partial charge in [0.2, 0.25) is 0 Å². The molecule has 0 spiro atoms. The number of ether oxygens (including phenoxy) is 1. The maximum Gasteiger partial charge on any atom is 0.196 e. The van der Waals surface area contributed by atoms with Gasteiger partial charge in [-0.05, 0) is 52.6 Å². The Balaban J connectivity index is 1.47. The predicted molar refractivity (Wildman–Crippen MR) is 199 cm³/mol. The van der Waals surface area contributed by atoms with Crippen molar-refractivity contribution in [2.24, 2.45) is 5.41 Å². The lowest BCUT2D eigenvalue weighted by Crippen LogP contribution is -2.24. The molecule has 244 valence electrons. The number of carbonyl (C=O) groups is 2. The lowest BCUT2D eigenvalue weighted by Gasteiger charge is -2.33. The first-order valence-electron chi connectivity index (χ1n) is 16.5. The molecule has 0 fully saturated rings. The van der Waals surface area contributed by atoms with Gasteiger partial charge in [-0.15, -0.1) is 0 Å². The third-order valence-corrected chi connectivity index (χ3v) is 9.27. The molecule has 6 heteroatoms. The number of ketones is 2. The van der Waals surface area contributed by atoms with Gasteiger partial charge < -0.3 is 10.1 Å². The van der Waals surface area contributed by atoms with Gasteiger partial charge in [0.25, 0.3) is 0 Å². The molecule has 1 aromatic heterocycles. The van der Waals surface area contributed by atoms with Gasteiger partial charge in [0.15, 0.2) is 17.3 Å². The molecule has 1 aliphatic rings. The second-order valence-corrected chi connectivity index (χ2v) is 14.8. The van der Waals surface area contributed by atoms with E-state index in [0.717, 1.165) is 12.1 Å². The number of nitrogens with zero attached hydrogens (tertiary/aromatic N) is 1. The number of aromatic nitrogens is 1. The zero-order valence-electron chi connectivity index (χ0n) is 28.2. The Bertz CT molecular complexity index is 2240. The maximum atomic E-state index is 14.4. The number of para-hydroxylation sites is 1. The molecule has 0 bridgehead atoms. The normalized spacial score (nSPS) is 12.5. The molecular weight excluding hydrogens is 628 g/mol. The van der Waals surface area contributed by atoms with Gasteiger partial charge in [-0.1, -0.05) is 131 Å². The van der Waals surface area contributed by atoms with Crippen LogP contribution < -0.4 is 10.1 Å². The summed E-state index contributed by atoms with van der Waals surface area (Å²) < 4.78 is 6.62. The van der Waals surface area contributed by atoms with Crippen molar-refractivity contribution in [1.29, 1.82) is 0 Å². The fourth-order valence-electron chi connectivity index (χ4n) is 7.25. The first-order chi connectivity index (χ1) is 23.4. The van der Waals surface area contributed by atoms with Crippen LogP contribution in [0.15, 0.2) is 115 Å². The molecule has 0 saturated heterocycles. The number of nitrogens with one attached hydrogen (secondary N) is 1. The molecule has 0 aliphatic heterocycles. The van der Waals surface area contributed by atoms with Gasteiger partial charge in [0.05, 0.1) is 16.8 Å². The van der Waals surface area contributed by atoms with E-state index in [2.05, 4.69) is 52.1 Å². The highest BCUT2D eigenvalue weighted by molar-refractivity contribution is 6.39. The molecule has 1 aliphatic carbocycles. The summed E-state index contributed by atoms with van der Waals surface area (Å²) >= 11 is 6.99. The number of anilines is 2. The number of hydrogen-bond acceptors (Lipinski definition) is 5. The Morgan fingerprint density at radius 3 is 2.04 bits per heavy atom. The molecule has 0 unspecified atom stereocenters. The van der Waals surface area contributed by atoms with Crippen molar-refractivity contribution in [2.45, 2.75) is 46.5 Å². The van der Waals surface area contributed by atoms with Crippen LogP contribution in [0.4, 0.5) is 11.4 Å². The molecule has 0 saturated carbocycles. The van der Waals surface area contributed by atoms with Crippen molar-refractivity contribution in [3.05, 3.63) is 148 Å². The Labute approximate surface area is 291 Å². The summed E-state index contributed by atoms with van der Waals surface area (Å²) in [5.41, 5.74) is 5.90. The van der Waals surface area contributed by atoms with Crippen molar-refractivity contribution in [3.63, 3.8) is 0 Å². The average Bonchev–Trinajstić information content (AvgIpc) is 3.07. The summed E-state index contributed by atoms with van der Waals surface area (Å²) in [6.07, 6.45) is 1.02. The Morgan fingerprint density at radius 1 is 0.776 bits per heavy atom. The molecule has 5 aromatic carbocycles. The van der Waals surface area contributed by atoms with Crippen LogP contribution in [-0.4, -0.2) is 16.6 Å². The van der Waals surface area contributed by atoms with Crippen LogP contribution in [0.25, 0.3) is 22.0 Å². The Kier molecular flexibility index (Phi) is 8.12. The van der Waals surface area contributed by atoms with E-state index < -0.39 is 0 Å². The molecular formula is C43H37ClN2O3. The van der Waals surface area contributed by atoms with E-state index in [1.54, 1.807) is 24.3 Å². The largest absolute Gasteiger partial charge is 0.455 e. The number of carbonyl (C=O) groups excluding carboxylic acids is 2. The summed E-state index contributed by atoms with van der Waals surface area (Å²) in [5, 5.41) is 4.02. The number of benzene rings is 5. The maximum absolute atomic E-state index is 14.4. The van der Waals surface area contributed by atoms with Crippen LogP contribution >= 0.6 is 11.6 Å². The summed E-state index contributed by atoms with van der Waals surface area (Å²) in [5.74, 6) is 0.573. The summed E-state index contributed by atoms with van der Waals surface area (Å²) in [6.45, 7) is 11.3. The standard InChI is InChI=1S/C43H37ClN2O3/c1-42(2,3)25-43(4,5)27-20-22-29(23-21-27)49-33-24-32(45-28-16-10-7-11-17-28)35-36-34(30-18-12-13-19-31(30)40(35)48)37(41(44)46-38(33)36)39(47)26-14-8-6-9-15-26/h6-24,45H,25H2,1-5H3. The first-order valence-corrected chi connectivity index (χ1v) is 16.8. The van der Waals surface area contributed by atoms with Crippen LogP contribution in [-0.2, 0) is 5.41 Å². The van der Waals surface area contributed by atoms with Crippen LogP contribution in [0.1, 0.15) is 78.4 Å². The number of pyridine rings is 1. The highest BCUT2D eigenvalue weighted by Gasteiger charge is 2.35. The van der Waals surface area contributed by atoms with Crippen molar-refractivity contribution in [1.82, 2.24) is 4.98 Å². The smallest absolute Gasteiger partial charge is 0.196 e. The summed E-state index contributed by atoms with van der Waals surface area (Å²) in [7, 11) is 0. The molecule has 1 heterocycles. The van der Waals surface area contributed by atoms with Gasteiger partial charge >= 0.3 is 0 Å². The fraction of sp³-hybridized carbons (Fsp3) is 0.186. The monoisotopic (exact) mass is 664 g/mol. The molecule has 0 amide bonds. The van der Waals surface area contributed by atoms with Gasteiger partial charge in [0, 0.05) is 33.8 Å². The summed E-state index contributed by atoms with van der Waals surface area (Å²) in [6, 6.07) is 35.9. The molecule has 1 N–H and O–H groups in total. The number of hydrogen-bond donors (Lipinski definition) is 1. The predicted octanol–water partition coefficient (Wildman–Crippen LogP) is 11.6. The van der Waals surface area contributed by atoms with E-state index in [4.69, 9.17) is 21.3 Å². The second-order valence-electron chi connectivity index (χ2n) is 14.5. The molecule has 0 radical (unpaired) electrons. The van der Waals surface area contributed by atoms with Gasteiger partial charge in [-0.3, -0.25) is 9.59 Å². The number of fused-ring (bicyclic) bond motifs is 2. The van der Waals surface area contributed by atoms with E-state index in [1.807, 2.05) is 78.9 Å². The zero-order chi connectivity index (χ0) is 34.5. The fourth-order valence-corrected chi connectivity index (χ4v) is 7.51. The van der Waals surface area contributed by atoms with Crippen molar-refractivity contribution in [3.8, 4) is 22.6 Å². The summed E-state index contributed by atoms with van der Waals surface area (Å²) in [4.78, 5) is 33.4.